The zero-order valence-electron chi connectivity index (χ0n) is 25.3. The molecule has 3 aromatic carbocycles. The molecule has 0 heterocycles. The molecule has 10 nitrogen and oxygen atoms in total. The average Bonchev–Trinajstić information content (AvgIpc) is 2.96. The smallest absolute Gasteiger partial charge is 0.266 e. The van der Waals surface area contributed by atoms with Crippen molar-refractivity contribution in [3.05, 3.63) is 113 Å². The summed E-state index contributed by atoms with van der Waals surface area (Å²) < 4.78 is 68.2. The number of benzene rings is 3. The third-order valence-corrected chi connectivity index (χ3v) is 8.35. The number of ether oxygens (including phenoxy) is 1. The van der Waals surface area contributed by atoms with Crippen LogP contribution in [0, 0.1) is 6.92 Å². The molecule has 0 amide bonds. The zero-order valence-corrected chi connectivity index (χ0v) is 27.0. The molecule has 4 rings (SSSR count). The third kappa shape index (κ3) is 10.1. The first-order valence-corrected chi connectivity index (χ1v) is 17.5. The molecule has 1 aliphatic rings. The summed E-state index contributed by atoms with van der Waals surface area (Å²) >= 11 is 0. The Labute approximate surface area is 264 Å². The second-order valence-corrected chi connectivity index (χ2v) is 13.6. The van der Waals surface area contributed by atoms with E-state index in [9.17, 15) is 16.8 Å². The van der Waals surface area contributed by atoms with E-state index in [0.29, 0.717) is 12.3 Å². The van der Waals surface area contributed by atoms with Crippen LogP contribution >= 0.6 is 0 Å². The second kappa shape index (κ2) is 14.7. The quantitative estimate of drug-likeness (QED) is 0.161. The van der Waals surface area contributed by atoms with Crippen molar-refractivity contribution in [3.8, 4) is 5.75 Å². The first-order chi connectivity index (χ1) is 21.3. The first-order valence-electron chi connectivity index (χ1n) is 14.3. The van der Waals surface area contributed by atoms with E-state index in [1.54, 1.807) is 0 Å². The topological polar surface area (TPSA) is 154 Å². The van der Waals surface area contributed by atoms with E-state index < -0.39 is 31.7 Å². The summed E-state index contributed by atoms with van der Waals surface area (Å²) in [5.74, 6) is -0.0455. The van der Waals surface area contributed by atoms with E-state index in [1.807, 2.05) is 106 Å². The molecule has 0 radical (unpaired) electrons. The van der Waals surface area contributed by atoms with Gasteiger partial charge in [-0.25, -0.2) is 0 Å². The molecular formula is C33H37N3O7S2. The monoisotopic (exact) mass is 651 g/mol. The van der Waals surface area contributed by atoms with Crippen LogP contribution in [-0.4, -0.2) is 62.9 Å². The number of aryl methyl sites for hydroxylation is 1. The second-order valence-electron chi connectivity index (χ2n) is 10.4. The molecule has 0 fully saturated rings. The first kappa shape index (κ1) is 33.7. The van der Waals surface area contributed by atoms with Gasteiger partial charge in [-0.15, -0.1) is 0 Å². The van der Waals surface area contributed by atoms with E-state index in [2.05, 4.69) is 15.6 Å². The molecule has 238 valence electrons. The maximum absolute atomic E-state index is 11.1. The van der Waals surface area contributed by atoms with Crippen LogP contribution in [0.25, 0.3) is 5.57 Å². The minimum Gasteiger partial charge on any atom is -0.494 e. The van der Waals surface area contributed by atoms with Crippen LogP contribution in [-0.2, 0) is 20.2 Å². The van der Waals surface area contributed by atoms with Crippen molar-refractivity contribution in [3.63, 3.8) is 0 Å². The van der Waals surface area contributed by atoms with Gasteiger partial charge in [0.05, 0.1) is 30.4 Å². The lowest BCUT2D eigenvalue weighted by molar-refractivity contribution is 0.340. The minimum absolute atomic E-state index is 0.0519. The van der Waals surface area contributed by atoms with Crippen molar-refractivity contribution in [2.75, 3.05) is 41.8 Å². The standard InChI is InChI=1S/C33H37N3O7S2/c1-4-43-30-13-11-29(12-14-30)36-28-9-5-25(6-10-28)33(26-7-15-31(23(2)21-26)34-17-19-44(37,38)39)27-8-16-32(24(3)22-27)35-18-20-45(40,41)42/h5-16,21-22,34,36H,4,17-20H2,1-3H3,(H,37,38,39)(H,40,41,42)/b33-27+,35-32?. The largest absolute Gasteiger partial charge is 0.494 e. The van der Waals surface area contributed by atoms with Gasteiger partial charge >= 0.3 is 0 Å². The lowest BCUT2D eigenvalue weighted by Gasteiger charge is -2.18. The van der Waals surface area contributed by atoms with Crippen molar-refractivity contribution in [1.82, 2.24) is 0 Å². The SMILES string of the molecule is CCOc1ccc(Nc2ccc(/C(=C3/C=CC(=NCCS(=O)(=O)O)C(C)=C3)c3ccc(NCCS(=O)(=O)O)c(C)c3)cc2)cc1. The number of hydrogen-bond acceptors (Lipinski definition) is 8. The van der Waals surface area contributed by atoms with Crippen LogP contribution in [0.5, 0.6) is 5.75 Å². The maximum Gasteiger partial charge on any atom is 0.266 e. The molecule has 0 saturated carbocycles. The number of aliphatic imine (C=N–C) groups is 1. The van der Waals surface area contributed by atoms with Crippen LogP contribution < -0.4 is 15.4 Å². The molecule has 0 bridgehead atoms. The van der Waals surface area contributed by atoms with Crippen molar-refractivity contribution >= 4 is 48.6 Å². The summed E-state index contributed by atoms with van der Waals surface area (Å²) in [7, 11) is -8.18. The Morgan fingerprint density at radius 2 is 1.44 bits per heavy atom. The predicted octanol–water partition coefficient (Wildman–Crippen LogP) is 6.08. The number of nitrogens with zero attached hydrogens (tertiary/aromatic N) is 1. The molecule has 0 aliphatic heterocycles. The Morgan fingerprint density at radius 3 is 2.02 bits per heavy atom. The average molecular weight is 652 g/mol. The highest BCUT2D eigenvalue weighted by atomic mass is 32.2. The molecule has 0 spiro atoms. The molecule has 0 saturated heterocycles. The van der Waals surface area contributed by atoms with Crippen LogP contribution in [0.1, 0.15) is 30.5 Å². The third-order valence-electron chi connectivity index (χ3n) is 6.93. The van der Waals surface area contributed by atoms with Gasteiger partial charge in [-0.05, 0) is 115 Å². The van der Waals surface area contributed by atoms with Crippen LogP contribution in [0.15, 0.2) is 101 Å². The van der Waals surface area contributed by atoms with Crippen LogP contribution in [0.4, 0.5) is 17.1 Å². The molecule has 0 atom stereocenters. The van der Waals surface area contributed by atoms with E-state index in [4.69, 9.17) is 13.8 Å². The molecule has 12 heteroatoms. The van der Waals surface area contributed by atoms with Gasteiger partial charge in [0.1, 0.15) is 5.75 Å². The number of hydrogen-bond donors (Lipinski definition) is 4. The highest BCUT2D eigenvalue weighted by Crippen LogP contribution is 2.34. The molecule has 0 unspecified atom stereocenters. The van der Waals surface area contributed by atoms with Crippen molar-refractivity contribution < 1.29 is 30.7 Å². The lowest BCUT2D eigenvalue weighted by Crippen LogP contribution is -2.15. The van der Waals surface area contributed by atoms with Gasteiger partial charge in [-0.2, -0.15) is 16.8 Å². The Hall–Kier alpha value is -4.23. The Morgan fingerprint density at radius 1 is 0.822 bits per heavy atom. The fourth-order valence-corrected chi connectivity index (χ4v) is 5.47. The van der Waals surface area contributed by atoms with Gasteiger partial charge in [-0.1, -0.05) is 24.3 Å². The van der Waals surface area contributed by atoms with Crippen molar-refractivity contribution in [1.29, 1.82) is 0 Å². The van der Waals surface area contributed by atoms with Gasteiger partial charge in [0, 0.05) is 23.6 Å². The summed E-state index contributed by atoms with van der Waals surface area (Å²) in [4.78, 5) is 4.34. The van der Waals surface area contributed by atoms with Gasteiger partial charge in [0.15, 0.2) is 0 Å². The van der Waals surface area contributed by atoms with Gasteiger partial charge < -0.3 is 15.4 Å². The fourth-order valence-electron chi connectivity index (χ4n) is 4.79. The normalized spacial score (nSPS) is 15.5. The number of anilines is 3. The van der Waals surface area contributed by atoms with E-state index in [-0.39, 0.29) is 13.1 Å². The number of rotatable bonds is 13. The summed E-state index contributed by atoms with van der Waals surface area (Å²) in [5, 5.41) is 6.47. The number of nitrogens with one attached hydrogen (secondary N) is 2. The highest BCUT2D eigenvalue weighted by Gasteiger charge is 2.16. The Balaban J connectivity index is 1.67. The fraction of sp³-hybridized carbons (Fsp3) is 0.242. The predicted molar refractivity (Wildman–Crippen MR) is 181 cm³/mol. The van der Waals surface area contributed by atoms with E-state index in [0.717, 1.165) is 56.2 Å². The zero-order chi connectivity index (χ0) is 32.6. The molecule has 4 N–H and O–H groups in total. The van der Waals surface area contributed by atoms with Crippen LogP contribution in [0.3, 0.4) is 0 Å². The van der Waals surface area contributed by atoms with Gasteiger partial charge in [0.2, 0.25) is 0 Å². The summed E-state index contributed by atoms with van der Waals surface area (Å²) in [6, 6.07) is 21.6. The maximum atomic E-state index is 11.1. The summed E-state index contributed by atoms with van der Waals surface area (Å²) in [6.07, 6.45) is 5.74. The Bertz CT molecular complexity index is 1860. The lowest BCUT2D eigenvalue weighted by atomic mass is 9.88. The summed E-state index contributed by atoms with van der Waals surface area (Å²) in [5.41, 5.74) is 8.68. The molecule has 0 aromatic heterocycles. The van der Waals surface area contributed by atoms with E-state index in [1.165, 1.54) is 0 Å². The molecule has 1 aliphatic carbocycles. The van der Waals surface area contributed by atoms with E-state index >= 15 is 0 Å². The highest BCUT2D eigenvalue weighted by molar-refractivity contribution is 7.86. The Kier molecular flexibility index (Phi) is 11.0. The van der Waals surface area contributed by atoms with Crippen molar-refractivity contribution in [2.24, 2.45) is 4.99 Å². The molecular weight excluding hydrogens is 615 g/mol. The van der Waals surface area contributed by atoms with Crippen LogP contribution in [0.2, 0.25) is 0 Å². The molecule has 3 aromatic rings. The molecule has 45 heavy (non-hydrogen) atoms. The van der Waals surface area contributed by atoms with Gasteiger partial charge in [0.25, 0.3) is 20.2 Å². The van der Waals surface area contributed by atoms with Gasteiger partial charge in [-0.3, -0.25) is 14.1 Å². The van der Waals surface area contributed by atoms with Crippen molar-refractivity contribution in [2.45, 2.75) is 20.8 Å². The number of allylic oxidation sites excluding steroid dienone is 5. The minimum atomic E-state index is -4.11. The summed E-state index contributed by atoms with van der Waals surface area (Å²) in [6.45, 7) is 6.38.